The fraction of sp³-hybridized carbons (Fsp3) is 0.632. The smallest absolute Gasteiger partial charge is 0.305 e. The molecule has 1 saturated heterocycles. The van der Waals surface area contributed by atoms with Crippen LogP contribution in [0.4, 0.5) is 0 Å². The van der Waals surface area contributed by atoms with Gasteiger partial charge >= 0.3 is 5.97 Å². The van der Waals surface area contributed by atoms with Crippen LogP contribution in [0.1, 0.15) is 39.2 Å². The lowest BCUT2D eigenvalue weighted by Crippen LogP contribution is -2.41. The number of carbonyl (C=O) groups is 1. The number of carbonyl (C=O) groups excluding carboxylic acids is 1. The Labute approximate surface area is 138 Å². The summed E-state index contributed by atoms with van der Waals surface area (Å²) in [6, 6.07) is 10.0. The Bertz CT molecular complexity index is 487. The molecule has 1 N–H and O–H groups in total. The van der Waals surface area contributed by atoms with Gasteiger partial charge in [0, 0.05) is 18.3 Å². The SMILES string of the molecule is C[C@@H]1[C@@H](O)[C@@H](C)COC(=O)CC[C@H](C)[C@@H]1OCc1ccccc1. The second-order valence-corrected chi connectivity index (χ2v) is 6.79. The first-order chi connectivity index (χ1) is 11.0. The molecule has 0 saturated carbocycles. The highest BCUT2D eigenvalue weighted by atomic mass is 16.5. The maximum Gasteiger partial charge on any atom is 0.305 e. The van der Waals surface area contributed by atoms with E-state index >= 15 is 0 Å². The maximum atomic E-state index is 11.7. The van der Waals surface area contributed by atoms with Crippen LogP contribution in [0.2, 0.25) is 0 Å². The summed E-state index contributed by atoms with van der Waals surface area (Å²) < 4.78 is 11.4. The lowest BCUT2D eigenvalue weighted by Gasteiger charge is -2.35. The van der Waals surface area contributed by atoms with E-state index in [1.165, 1.54) is 0 Å². The van der Waals surface area contributed by atoms with Crippen LogP contribution in [0.25, 0.3) is 0 Å². The average Bonchev–Trinajstić information content (AvgIpc) is 2.57. The quantitative estimate of drug-likeness (QED) is 0.869. The number of rotatable bonds is 3. The van der Waals surface area contributed by atoms with Crippen LogP contribution in [0.3, 0.4) is 0 Å². The second kappa shape index (κ2) is 8.46. The van der Waals surface area contributed by atoms with Gasteiger partial charge in [-0.05, 0) is 17.9 Å². The molecule has 0 bridgehead atoms. The van der Waals surface area contributed by atoms with E-state index in [2.05, 4.69) is 6.92 Å². The molecule has 2 rings (SSSR count). The highest BCUT2D eigenvalue weighted by molar-refractivity contribution is 5.69. The van der Waals surface area contributed by atoms with Crippen molar-refractivity contribution in [2.24, 2.45) is 17.8 Å². The van der Waals surface area contributed by atoms with Crippen molar-refractivity contribution < 1.29 is 19.4 Å². The lowest BCUT2D eigenvalue weighted by atomic mass is 9.82. The summed E-state index contributed by atoms with van der Waals surface area (Å²) in [7, 11) is 0. The monoisotopic (exact) mass is 320 g/mol. The van der Waals surface area contributed by atoms with Crippen LogP contribution in [0, 0.1) is 17.8 Å². The van der Waals surface area contributed by atoms with E-state index < -0.39 is 6.10 Å². The van der Waals surface area contributed by atoms with Crippen molar-refractivity contribution >= 4 is 5.97 Å². The Morgan fingerprint density at radius 1 is 1.17 bits per heavy atom. The van der Waals surface area contributed by atoms with Gasteiger partial charge in [-0.2, -0.15) is 0 Å². The molecule has 1 aliphatic heterocycles. The number of benzene rings is 1. The molecule has 128 valence electrons. The van der Waals surface area contributed by atoms with Crippen LogP contribution in [0.15, 0.2) is 30.3 Å². The van der Waals surface area contributed by atoms with Gasteiger partial charge in [-0.15, -0.1) is 0 Å². The molecule has 4 nitrogen and oxygen atoms in total. The van der Waals surface area contributed by atoms with Crippen LogP contribution in [-0.2, 0) is 20.9 Å². The Balaban J connectivity index is 2.09. The zero-order valence-corrected chi connectivity index (χ0v) is 14.3. The van der Waals surface area contributed by atoms with Crippen molar-refractivity contribution in [3.63, 3.8) is 0 Å². The standard InChI is InChI=1S/C19H28O4/c1-13-9-10-17(20)22-11-14(2)18(21)15(3)19(13)23-12-16-7-5-4-6-8-16/h4-8,13-15,18-19,21H,9-12H2,1-3H3/t13-,14-,15+,18-,19-/m0/s1. The number of hydrogen-bond acceptors (Lipinski definition) is 4. The summed E-state index contributed by atoms with van der Waals surface area (Å²) >= 11 is 0. The molecule has 1 aromatic carbocycles. The fourth-order valence-electron chi connectivity index (χ4n) is 3.22. The molecule has 0 aromatic heterocycles. The fourth-order valence-corrected chi connectivity index (χ4v) is 3.22. The van der Waals surface area contributed by atoms with E-state index in [0.29, 0.717) is 19.4 Å². The third-order valence-corrected chi connectivity index (χ3v) is 4.80. The number of cyclic esters (lactones) is 1. The van der Waals surface area contributed by atoms with Crippen LogP contribution < -0.4 is 0 Å². The number of aliphatic hydroxyl groups is 1. The molecule has 1 aliphatic rings. The number of hydrogen-bond donors (Lipinski definition) is 1. The van der Waals surface area contributed by atoms with Crippen molar-refractivity contribution in [1.29, 1.82) is 0 Å². The maximum absolute atomic E-state index is 11.7. The lowest BCUT2D eigenvalue weighted by molar-refractivity contribution is -0.150. The molecule has 0 radical (unpaired) electrons. The molecular formula is C19H28O4. The van der Waals surface area contributed by atoms with Crippen LogP contribution >= 0.6 is 0 Å². The van der Waals surface area contributed by atoms with Gasteiger partial charge in [0.15, 0.2) is 0 Å². The molecule has 1 heterocycles. The number of esters is 1. The zero-order valence-electron chi connectivity index (χ0n) is 14.3. The molecule has 4 heteroatoms. The Morgan fingerprint density at radius 2 is 1.87 bits per heavy atom. The topological polar surface area (TPSA) is 55.8 Å². The molecule has 1 aromatic rings. The first kappa shape index (κ1) is 18.0. The Kier molecular flexibility index (Phi) is 6.60. The van der Waals surface area contributed by atoms with Crippen LogP contribution in [0.5, 0.6) is 0 Å². The first-order valence-corrected chi connectivity index (χ1v) is 8.48. The molecule has 0 aliphatic carbocycles. The van der Waals surface area contributed by atoms with Gasteiger partial charge < -0.3 is 14.6 Å². The summed E-state index contributed by atoms with van der Waals surface area (Å²) in [6.07, 6.45) is 0.480. The Hall–Kier alpha value is -1.39. The average molecular weight is 320 g/mol. The van der Waals surface area contributed by atoms with Gasteiger partial charge in [0.25, 0.3) is 0 Å². The molecular weight excluding hydrogens is 292 g/mol. The predicted octanol–water partition coefficient (Wildman–Crippen LogP) is 3.18. The van der Waals surface area contributed by atoms with E-state index in [-0.39, 0.29) is 36.4 Å². The molecule has 0 unspecified atom stereocenters. The zero-order chi connectivity index (χ0) is 16.8. The minimum atomic E-state index is -0.552. The number of aliphatic hydroxyl groups excluding tert-OH is 1. The van der Waals surface area contributed by atoms with E-state index in [1.54, 1.807) is 0 Å². The number of ether oxygens (including phenoxy) is 2. The summed E-state index contributed by atoms with van der Waals surface area (Å²) in [5.74, 6) is -0.115. The van der Waals surface area contributed by atoms with Gasteiger partial charge in [0.2, 0.25) is 0 Å². The minimum absolute atomic E-state index is 0.0134. The highest BCUT2D eigenvalue weighted by Gasteiger charge is 2.34. The molecule has 0 spiro atoms. The third kappa shape index (κ3) is 5.05. The van der Waals surface area contributed by atoms with Crippen LogP contribution in [-0.4, -0.2) is 29.9 Å². The van der Waals surface area contributed by atoms with Gasteiger partial charge in [-0.3, -0.25) is 4.79 Å². The molecule has 0 amide bonds. The van der Waals surface area contributed by atoms with E-state index in [1.807, 2.05) is 44.2 Å². The predicted molar refractivity (Wildman–Crippen MR) is 88.7 cm³/mol. The van der Waals surface area contributed by atoms with Crippen molar-refractivity contribution in [3.05, 3.63) is 35.9 Å². The molecule has 5 atom stereocenters. The highest BCUT2D eigenvalue weighted by Crippen LogP contribution is 2.29. The molecule has 23 heavy (non-hydrogen) atoms. The summed E-state index contributed by atoms with van der Waals surface area (Å²) in [5, 5.41) is 10.6. The normalized spacial score (nSPS) is 33.0. The van der Waals surface area contributed by atoms with Crippen molar-refractivity contribution in [2.75, 3.05) is 6.61 Å². The first-order valence-electron chi connectivity index (χ1n) is 8.48. The minimum Gasteiger partial charge on any atom is -0.465 e. The van der Waals surface area contributed by atoms with Crippen molar-refractivity contribution in [1.82, 2.24) is 0 Å². The Morgan fingerprint density at radius 3 is 2.57 bits per heavy atom. The van der Waals surface area contributed by atoms with Gasteiger partial charge in [0.1, 0.15) is 0 Å². The van der Waals surface area contributed by atoms with Crippen molar-refractivity contribution in [2.45, 2.75) is 52.4 Å². The second-order valence-electron chi connectivity index (χ2n) is 6.79. The third-order valence-electron chi connectivity index (χ3n) is 4.80. The molecule has 1 fully saturated rings. The summed E-state index contributed by atoms with van der Waals surface area (Å²) in [5.41, 5.74) is 1.12. The van der Waals surface area contributed by atoms with E-state index in [0.717, 1.165) is 5.56 Å². The van der Waals surface area contributed by atoms with Gasteiger partial charge in [-0.25, -0.2) is 0 Å². The van der Waals surface area contributed by atoms with E-state index in [9.17, 15) is 9.90 Å². The van der Waals surface area contributed by atoms with E-state index in [4.69, 9.17) is 9.47 Å². The summed E-state index contributed by atoms with van der Waals surface area (Å²) in [4.78, 5) is 11.7. The van der Waals surface area contributed by atoms with Gasteiger partial charge in [-0.1, -0.05) is 51.1 Å². The van der Waals surface area contributed by atoms with Crippen molar-refractivity contribution in [3.8, 4) is 0 Å². The summed E-state index contributed by atoms with van der Waals surface area (Å²) in [6.45, 7) is 6.81. The largest absolute Gasteiger partial charge is 0.465 e. The van der Waals surface area contributed by atoms with Gasteiger partial charge in [0.05, 0.1) is 25.4 Å².